The summed E-state index contributed by atoms with van der Waals surface area (Å²) in [5, 5.41) is 3.16. The molecular formula is C16H23N3. The zero-order chi connectivity index (χ0) is 14.0. The molecule has 0 atom stereocenters. The van der Waals surface area contributed by atoms with Crippen LogP contribution >= 0.6 is 0 Å². The van der Waals surface area contributed by atoms with Gasteiger partial charge in [0.1, 0.15) is 0 Å². The van der Waals surface area contributed by atoms with Gasteiger partial charge in [0, 0.05) is 12.1 Å². The van der Waals surface area contributed by atoms with Gasteiger partial charge in [0.25, 0.3) is 0 Å². The van der Waals surface area contributed by atoms with Gasteiger partial charge in [-0.1, -0.05) is 39.0 Å². The standard InChI is InChI=1S/C16H23N3/c1-11-8-12(16(2,3)4)6-7-13(11)15-14(9-17-5)18-10-19-15/h6-8,10,17H,9H2,1-5H3,(H,18,19). The fraction of sp³-hybridized carbons (Fsp3) is 0.438. The molecule has 0 fully saturated rings. The smallest absolute Gasteiger partial charge is 0.0929 e. The van der Waals surface area contributed by atoms with E-state index in [1.165, 1.54) is 16.7 Å². The van der Waals surface area contributed by atoms with Crippen molar-refractivity contribution >= 4 is 0 Å². The van der Waals surface area contributed by atoms with E-state index < -0.39 is 0 Å². The van der Waals surface area contributed by atoms with E-state index in [1.807, 2.05) is 7.05 Å². The van der Waals surface area contributed by atoms with Crippen LogP contribution in [0.5, 0.6) is 0 Å². The number of aryl methyl sites for hydroxylation is 1. The number of imidazole rings is 1. The molecule has 2 rings (SSSR count). The summed E-state index contributed by atoms with van der Waals surface area (Å²) in [5.41, 5.74) is 6.21. The second-order valence-electron chi connectivity index (χ2n) is 6.04. The molecule has 2 N–H and O–H groups in total. The van der Waals surface area contributed by atoms with Crippen LogP contribution in [0.3, 0.4) is 0 Å². The van der Waals surface area contributed by atoms with Crippen LogP contribution in [0.25, 0.3) is 11.3 Å². The molecule has 0 radical (unpaired) electrons. The monoisotopic (exact) mass is 257 g/mol. The van der Waals surface area contributed by atoms with Crippen molar-refractivity contribution in [2.75, 3.05) is 7.05 Å². The first-order valence-electron chi connectivity index (χ1n) is 6.72. The van der Waals surface area contributed by atoms with E-state index in [-0.39, 0.29) is 5.41 Å². The van der Waals surface area contributed by atoms with E-state index in [2.05, 4.69) is 61.2 Å². The lowest BCUT2D eigenvalue weighted by molar-refractivity contribution is 0.590. The molecule has 0 aliphatic rings. The molecule has 3 nitrogen and oxygen atoms in total. The molecule has 1 heterocycles. The van der Waals surface area contributed by atoms with Crippen molar-refractivity contribution in [3.63, 3.8) is 0 Å². The van der Waals surface area contributed by atoms with Crippen molar-refractivity contribution in [1.29, 1.82) is 0 Å². The SMILES string of the molecule is CNCc1[nH]cnc1-c1ccc(C(C)(C)C)cc1C. The number of aromatic nitrogens is 2. The van der Waals surface area contributed by atoms with Crippen molar-refractivity contribution in [3.8, 4) is 11.3 Å². The number of hydrogen-bond acceptors (Lipinski definition) is 2. The Kier molecular flexibility index (Phi) is 3.76. The summed E-state index contributed by atoms with van der Waals surface area (Å²) in [4.78, 5) is 7.67. The molecule has 0 unspecified atom stereocenters. The number of H-pyrrole nitrogens is 1. The molecule has 0 aliphatic heterocycles. The highest BCUT2D eigenvalue weighted by Crippen LogP contribution is 2.29. The van der Waals surface area contributed by atoms with E-state index in [9.17, 15) is 0 Å². The Labute approximate surface area is 115 Å². The molecule has 0 saturated carbocycles. The van der Waals surface area contributed by atoms with E-state index >= 15 is 0 Å². The minimum atomic E-state index is 0.183. The lowest BCUT2D eigenvalue weighted by atomic mass is 9.85. The summed E-state index contributed by atoms with van der Waals surface area (Å²) in [6.45, 7) is 9.67. The Morgan fingerprint density at radius 2 is 2.00 bits per heavy atom. The van der Waals surface area contributed by atoms with Crippen molar-refractivity contribution in [2.45, 2.75) is 39.7 Å². The Morgan fingerprint density at radius 3 is 2.58 bits per heavy atom. The highest BCUT2D eigenvalue weighted by atomic mass is 14.9. The third kappa shape index (κ3) is 2.87. The van der Waals surface area contributed by atoms with Crippen LogP contribution in [0, 0.1) is 6.92 Å². The Morgan fingerprint density at radius 1 is 1.26 bits per heavy atom. The second kappa shape index (κ2) is 5.17. The number of nitrogens with zero attached hydrogens (tertiary/aromatic N) is 1. The van der Waals surface area contributed by atoms with Crippen molar-refractivity contribution in [2.24, 2.45) is 0 Å². The molecule has 19 heavy (non-hydrogen) atoms. The van der Waals surface area contributed by atoms with Gasteiger partial charge in [0.05, 0.1) is 17.7 Å². The number of aromatic amines is 1. The summed E-state index contributed by atoms with van der Waals surface area (Å²) in [5.74, 6) is 0. The number of nitrogens with one attached hydrogen (secondary N) is 2. The fourth-order valence-corrected chi connectivity index (χ4v) is 2.26. The van der Waals surface area contributed by atoms with Crippen molar-refractivity contribution in [3.05, 3.63) is 41.3 Å². The normalized spacial score (nSPS) is 11.8. The first kappa shape index (κ1) is 13.8. The van der Waals surface area contributed by atoms with Gasteiger partial charge in [-0.2, -0.15) is 0 Å². The topological polar surface area (TPSA) is 40.7 Å². The number of benzene rings is 1. The molecule has 0 aliphatic carbocycles. The molecule has 1 aromatic carbocycles. The highest BCUT2D eigenvalue weighted by Gasteiger charge is 2.16. The summed E-state index contributed by atoms with van der Waals surface area (Å²) in [7, 11) is 1.94. The molecule has 3 heteroatoms. The van der Waals surface area contributed by atoms with Crippen molar-refractivity contribution in [1.82, 2.24) is 15.3 Å². The summed E-state index contributed by atoms with van der Waals surface area (Å²) < 4.78 is 0. The highest BCUT2D eigenvalue weighted by molar-refractivity contribution is 5.66. The van der Waals surface area contributed by atoms with E-state index in [1.54, 1.807) is 6.33 Å². The van der Waals surface area contributed by atoms with Crippen LogP contribution in [0.4, 0.5) is 0 Å². The van der Waals surface area contributed by atoms with Crippen molar-refractivity contribution < 1.29 is 0 Å². The van der Waals surface area contributed by atoms with Gasteiger partial charge < -0.3 is 10.3 Å². The first-order valence-corrected chi connectivity index (χ1v) is 6.72. The van der Waals surface area contributed by atoms with E-state index in [0.717, 1.165) is 17.9 Å². The molecular weight excluding hydrogens is 234 g/mol. The maximum Gasteiger partial charge on any atom is 0.0929 e. The lowest BCUT2D eigenvalue weighted by Gasteiger charge is -2.20. The van der Waals surface area contributed by atoms with Gasteiger partial charge in [0.15, 0.2) is 0 Å². The van der Waals surface area contributed by atoms with Gasteiger partial charge in [-0.05, 0) is 30.5 Å². The minimum Gasteiger partial charge on any atom is -0.347 e. The third-order valence-corrected chi connectivity index (χ3v) is 3.42. The maximum absolute atomic E-state index is 4.46. The van der Waals surface area contributed by atoms with Crippen LogP contribution < -0.4 is 5.32 Å². The average Bonchev–Trinajstić information content (AvgIpc) is 2.76. The predicted molar refractivity (Wildman–Crippen MR) is 80.2 cm³/mol. The van der Waals surface area contributed by atoms with Crippen LogP contribution in [0.2, 0.25) is 0 Å². The fourth-order valence-electron chi connectivity index (χ4n) is 2.26. The molecule has 0 amide bonds. The second-order valence-corrected chi connectivity index (χ2v) is 6.04. The summed E-state index contributed by atoms with van der Waals surface area (Å²) >= 11 is 0. The molecule has 0 bridgehead atoms. The van der Waals surface area contributed by atoms with Gasteiger partial charge in [-0.25, -0.2) is 4.98 Å². The summed E-state index contributed by atoms with van der Waals surface area (Å²) in [6, 6.07) is 6.67. The Balaban J connectivity index is 2.44. The minimum absolute atomic E-state index is 0.183. The molecule has 0 saturated heterocycles. The zero-order valence-corrected chi connectivity index (χ0v) is 12.5. The first-order chi connectivity index (χ1) is 8.93. The molecule has 102 valence electrons. The van der Waals surface area contributed by atoms with Crippen LogP contribution in [0.1, 0.15) is 37.6 Å². The zero-order valence-electron chi connectivity index (χ0n) is 12.5. The number of hydrogen-bond donors (Lipinski definition) is 2. The average molecular weight is 257 g/mol. The van der Waals surface area contributed by atoms with Gasteiger partial charge in [0.2, 0.25) is 0 Å². The summed E-state index contributed by atoms with van der Waals surface area (Å²) in [6.07, 6.45) is 1.76. The van der Waals surface area contributed by atoms with Gasteiger partial charge in [-0.15, -0.1) is 0 Å². The Bertz CT molecular complexity index is 562. The van der Waals surface area contributed by atoms with Crippen LogP contribution in [-0.4, -0.2) is 17.0 Å². The third-order valence-electron chi connectivity index (χ3n) is 3.42. The van der Waals surface area contributed by atoms with E-state index in [4.69, 9.17) is 0 Å². The van der Waals surface area contributed by atoms with Gasteiger partial charge in [-0.3, -0.25) is 0 Å². The van der Waals surface area contributed by atoms with E-state index in [0.29, 0.717) is 0 Å². The molecule has 2 aromatic rings. The number of rotatable bonds is 3. The molecule has 0 spiro atoms. The lowest BCUT2D eigenvalue weighted by Crippen LogP contribution is -2.11. The Hall–Kier alpha value is -1.61. The van der Waals surface area contributed by atoms with Crippen LogP contribution in [0.15, 0.2) is 24.5 Å². The predicted octanol–water partition coefficient (Wildman–Crippen LogP) is 3.40. The quantitative estimate of drug-likeness (QED) is 0.884. The van der Waals surface area contributed by atoms with Crippen LogP contribution in [-0.2, 0) is 12.0 Å². The van der Waals surface area contributed by atoms with Gasteiger partial charge >= 0.3 is 0 Å². The largest absolute Gasteiger partial charge is 0.347 e. The maximum atomic E-state index is 4.46. The molecule has 1 aromatic heterocycles.